The van der Waals surface area contributed by atoms with Gasteiger partial charge in [-0.1, -0.05) is 33.8 Å². The monoisotopic (exact) mass is 259 g/mol. The molecule has 0 heterocycles. The second-order valence-corrected chi connectivity index (χ2v) is 5.01. The molecule has 4 nitrogen and oxygen atoms in total. The number of ether oxygens (including phenoxy) is 1. The van der Waals surface area contributed by atoms with Crippen molar-refractivity contribution in [1.82, 2.24) is 4.90 Å². The van der Waals surface area contributed by atoms with Crippen LogP contribution >= 0.6 is 0 Å². The van der Waals surface area contributed by atoms with Gasteiger partial charge in [-0.2, -0.15) is 0 Å². The fraction of sp³-hybridized carbons (Fsp3) is 0.857. The third kappa shape index (κ3) is 8.64. The van der Waals surface area contributed by atoms with Crippen molar-refractivity contribution in [2.45, 2.75) is 52.6 Å². The minimum absolute atomic E-state index is 0.412. The van der Waals surface area contributed by atoms with Crippen LogP contribution in [0.4, 0.5) is 0 Å². The summed E-state index contributed by atoms with van der Waals surface area (Å²) >= 11 is 0. The van der Waals surface area contributed by atoms with Crippen LogP contribution in [0.1, 0.15) is 40.0 Å². The van der Waals surface area contributed by atoms with Gasteiger partial charge in [-0.25, -0.2) is 0 Å². The average Bonchev–Trinajstić information content (AvgIpc) is 2.35. The van der Waals surface area contributed by atoms with E-state index in [-0.39, 0.29) is 0 Å². The topological polar surface area (TPSA) is 52.9 Å². The number of hydrogen-bond acceptors (Lipinski definition) is 4. The summed E-state index contributed by atoms with van der Waals surface area (Å²) < 4.78 is 5.29. The van der Waals surface area contributed by atoms with E-state index in [1.165, 1.54) is 6.08 Å². The Morgan fingerprint density at radius 2 is 1.94 bits per heavy atom. The van der Waals surface area contributed by atoms with Crippen LogP contribution < -0.4 is 0 Å². The highest BCUT2D eigenvalue weighted by atomic mass is 16.6. The van der Waals surface area contributed by atoms with E-state index in [2.05, 4.69) is 13.5 Å². The number of aliphatic hydroxyl groups excluding tert-OH is 2. The molecule has 0 spiro atoms. The Bertz CT molecular complexity index is 209. The standard InChI is InChI=1S/C14H29NO3/c1-5-7-9-15(13(16)6-2)10-8-14(17)18-11-12(3)4/h6,12-14,16-17H,2,5,7-11H2,1,3-4H3. The zero-order valence-corrected chi connectivity index (χ0v) is 12.0. The molecule has 0 fully saturated rings. The van der Waals surface area contributed by atoms with Crippen LogP contribution in [0.3, 0.4) is 0 Å². The minimum atomic E-state index is -0.756. The lowest BCUT2D eigenvalue weighted by atomic mass is 10.2. The lowest BCUT2D eigenvalue weighted by Gasteiger charge is -2.26. The Balaban J connectivity index is 3.96. The summed E-state index contributed by atoms with van der Waals surface area (Å²) in [6.07, 6.45) is 2.71. The first kappa shape index (κ1) is 17.6. The van der Waals surface area contributed by atoms with E-state index in [0.29, 0.717) is 25.5 Å². The van der Waals surface area contributed by atoms with Gasteiger partial charge < -0.3 is 14.9 Å². The van der Waals surface area contributed by atoms with Crippen molar-refractivity contribution in [3.05, 3.63) is 12.7 Å². The lowest BCUT2D eigenvalue weighted by molar-refractivity contribution is -0.117. The van der Waals surface area contributed by atoms with Crippen LogP contribution in [0, 0.1) is 5.92 Å². The summed E-state index contributed by atoms with van der Waals surface area (Å²) in [4.78, 5) is 1.90. The van der Waals surface area contributed by atoms with Crippen molar-refractivity contribution in [3.63, 3.8) is 0 Å². The molecule has 0 bridgehead atoms. The van der Waals surface area contributed by atoms with Gasteiger partial charge in [0.2, 0.25) is 0 Å². The molecule has 0 aromatic carbocycles. The summed E-state index contributed by atoms with van der Waals surface area (Å²) in [6.45, 7) is 11.8. The maximum atomic E-state index is 9.76. The molecule has 0 aromatic rings. The van der Waals surface area contributed by atoms with E-state index in [9.17, 15) is 10.2 Å². The normalized spacial score (nSPS) is 15.1. The molecule has 108 valence electrons. The zero-order chi connectivity index (χ0) is 14.0. The van der Waals surface area contributed by atoms with Crippen molar-refractivity contribution < 1.29 is 14.9 Å². The number of unbranched alkanes of at least 4 members (excludes halogenated alkanes) is 1. The van der Waals surface area contributed by atoms with Crippen LogP contribution in [0.2, 0.25) is 0 Å². The second kappa shape index (κ2) is 10.5. The van der Waals surface area contributed by atoms with Crippen LogP contribution in [0.15, 0.2) is 12.7 Å². The largest absolute Gasteiger partial charge is 0.375 e. The summed E-state index contributed by atoms with van der Waals surface area (Å²) in [6, 6.07) is 0. The summed E-state index contributed by atoms with van der Waals surface area (Å²) in [7, 11) is 0. The highest BCUT2D eigenvalue weighted by Crippen LogP contribution is 2.06. The fourth-order valence-corrected chi connectivity index (χ4v) is 1.55. The minimum Gasteiger partial charge on any atom is -0.375 e. The SMILES string of the molecule is C=CC(O)N(CCCC)CCC(O)OCC(C)C. The Morgan fingerprint density at radius 1 is 1.28 bits per heavy atom. The third-order valence-corrected chi connectivity index (χ3v) is 2.67. The molecular formula is C14H29NO3. The lowest BCUT2D eigenvalue weighted by Crippen LogP contribution is -2.37. The van der Waals surface area contributed by atoms with Gasteiger partial charge in [0.05, 0.1) is 6.61 Å². The van der Waals surface area contributed by atoms with E-state index in [0.717, 1.165) is 19.4 Å². The van der Waals surface area contributed by atoms with E-state index in [4.69, 9.17) is 4.74 Å². The first-order valence-electron chi connectivity index (χ1n) is 6.85. The predicted octanol–water partition coefficient (Wildman–Crippen LogP) is 1.97. The molecule has 2 unspecified atom stereocenters. The Kier molecular flexibility index (Phi) is 10.3. The van der Waals surface area contributed by atoms with Crippen LogP contribution in [0.25, 0.3) is 0 Å². The van der Waals surface area contributed by atoms with Crippen molar-refractivity contribution in [2.75, 3.05) is 19.7 Å². The van der Waals surface area contributed by atoms with Gasteiger partial charge in [0.1, 0.15) is 6.23 Å². The van der Waals surface area contributed by atoms with Crippen molar-refractivity contribution in [3.8, 4) is 0 Å². The molecule has 0 rings (SSSR count). The average molecular weight is 259 g/mol. The molecular weight excluding hydrogens is 230 g/mol. The van der Waals surface area contributed by atoms with Crippen molar-refractivity contribution in [1.29, 1.82) is 0 Å². The molecule has 18 heavy (non-hydrogen) atoms. The highest BCUT2D eigenvalue weighted by Gasteiger charge is 2.14. The van der Waals surface area contributed by atoms with E-state index >= 15 is 0 Å². The number of nitrogens with zero attached hydrogens (tertiary/aromatic N) is 1. The molecule has 0 saturated carbocycles. The molecule has 0 aromatic heterocycles. The molecule has 2 N–H and O–H groups in total. The maximum absolute atomic E-state index is 9.76. The zero-order valence-electron chi connectivity index (χ0n) is 12.0. The van der Waals surface area contributed by atoms with Gasteiger partial charge in [-0.3, -0.25) is 4.90 Å². The Hall–Kier alpha value is -0.420. The van der Waals surface area contributed by atoms with Crippen molar-refractivity contribution in [2.24, 2.45) is 5.92 Å². The van der Waals surface area contributed by atoms with E-state index in [1.54, 1.807) is 0 Å². The quantitative estimate of drug-likeness (QED) is 0.440. The summed E-state index contributed by atoms with van der Waals surface area (Å²) in [5.41, 5.74) is 0. The molecule has 2 atom stereocenters. The van der Waals surface area contributed by atoms with Crippen LogP contribution in [-0.4, -0.2) is 47.3 Å². The number of aliphatic hydroxyl groups is 2. The fourth-order valence-electron chi connectivity index (χ4n) is 1.55. The van der Waals surface area contributed by atoms with Gasteiger partial charge in [0.15, 0.2) is 6.29 Å². The molecule has 0 radical (unpaired) electrons. The van der Waals surface area contributed by atoms with Gasteiger partial charge in [0, 0.05) is 19.5 Å². The van der Waals surface area contributed by atoms with Gasteiger partial charge in [-0.05, 0) is 18.4 Å². The summed E-state index contributed by atoms with van der Waals surface area (Å²) in [5, 5.41) is 19.4. The highest BCUT2D eigenvalue weighted by molar-refractivity contribution is 4.79. The van der Waals surface area contributed by atoms with Crippen LogP contribution in [-0.2, 0) is 4.74 Å². The predicted molar refractivity (Wildman–Crippen MR) is 74.1 cm³/mol. The number of rotatable bonds is 11. The first-order chi connectivity index (χ1) is 8.51. The Labute approximate surface area is 111 Å². The van der Waals surface area contributed by atoms with Crippen molar-refractivity contribution >= 4 is 0 Å². The molecule has 0 saturated heterocycles. The molecule has 0 aliphatic rings. The van der Waals surface area contributed by atoms with E-state index < -0.39 is 12.5 Å². The maximum Gasteiger partial charge on any atom is 0.155 e. The van der Waals surface area contributed by atoms with Gasteiger partial charge >= 0.3 is 0 Å². The first-order valence-corrected chi connectivity index (χ1v) is 6.85. The smallest absolute Gasteiger partial charge is 0.155 e. The van der Waals surface area contributed by atoms with Gasteiger partial charge in [-0.15, -0.1) is 0 Å². The van der Waals surface area contributed by atoms with Crippen LogP contribution in [0.5, 0.6) is 0 Å². The molecule has 0 aliphatic heterocycles. The van der Waals surface area contributed by atoms with E-state index in [1.807, 2.05) is 18.7 Å². The molecule has 0 aliphatic carbocycles. The summed E-state index contributed by atoms with van der Waals surface area (Å²) in [5.74, 6) is 0.412. The molecule has 0 amide bonds. The molecule has 4 heteroatoms. The third-order valence-electron chi connectivity index (χ3n) is 2.67. The second-order valence-electron chi connectivity index (χ2n) is 5.01. The Morgan fingerprint density at radius 3 is 2.44 bits per heavy atom. The number of hydrogen-bond donors (Lipinski definition) is 2. The van der Waals surface area contributed by atoms with Gasteiger partial charge in [0.25, 0.3) is 0 Å².